The van der Waals surface area contributed by atoms with Crippen molar-refractivity contribution in [3.63, 3.8) is 0 Å². The first-order valence-corrected chi connectivity index (χ1v) is 12.8. The molecule has 9 nitrogen and oxygen atoms in total. The van der Waals surface area contributed by atoms with Crippen molar-refractivity contribution in [1.82, 2.24) is 0 Å². The molecular formula is C32H32O9. The molecule has 0 saturated heterocycles. The van der Waals surface area contributed by atoms with Crippen LogP contribution in [0.4, 0.5) is 0 Å². The zero-order valence-corrected chi connectivity index (χ0v) is 22.8. The van der Waals surface area contributed by atoms with Crippen molar-refractivity contribution in [2.75, 3.05) is 39.6 Å². The van der Waals surface area contributed by atoms with Gasteiger partial charge in [0.15, 0.2) is 0 Å². The lowest BCUT2D eigenvalue weighted by atomic mass is 10.0. The van der Waals surface area contributed by atoms with E-state index >= 15 is 0 Å². The highest BCUT2D eigenvalue weighted by Crippen LogP contribution is 2.28. The number of hydrogen-bond donors (Lipinski definition) is 0. The molecule has 0 unspecified atom stereocenters. The van der Waals surface area contributed by atoms with Crippen LogP contribution >= 0.6 is 0 Å². The van der Waals surface area contributed by atoms with Crippen molar-refractivity contribution >= 4 is 17.9 Å². The van der Waals surface area contributed by atoms with Crippen LogP contribution in [0.25, 0.3) is 11.1 Å². The predicted octanol–water partition coefficient (Wildman–Crippen LogP) is 5.11. The van der Waals surface area contributed by atoms with Gasteiger partial charge in [-0.1, -0.05) is 31.4 Å². The van der Waals surface area contributed by atoms with Crippen molar-refractivity contribution < 1.29 is 42.8 Å². The predicted molar refractivity (Wildman–Crippen MR) is 152 cm³/mol. The van der Waals surface area contributed by atoms with Gasteiger partial charge >= 0.3 is 17.9 Å². The molecule has 9 heteroatoms. The third kappa shape index (κ3) is 10.4. The topological polar surface area (TPSA) is 107 Å². The van der Waals surface area contributed by atoms with E-state index in [4.69, 9.17) is 28.4 Å². The van der Waals surface area contributed by atoms with Gasteiger partial charge in [-0.3, -0.25) is 0 Å². The minimum absolute atomic E-state index is 0.164. The van der Waals surface area contributed by atoms with E-state index < -0.39 is 17.9 Å². The molecule has 0 amide bonds. The molecule has 0 N–H and O–H groups in total. The smallest absolute Gasteiger partial charge is 0.343 e. The summed E-state index contributed by atoms with van der Waals surface area (Å²) >= 11 is 0. The van der Waals surface area contributed by atoms with Crippen LogP contribution in [-0.2, 0) is 23.8 Å². The lowest BCUT2D eigenvalue weighted by Gasteiger charge is -2.11. The van der Waals surface area contributed by atoms with Crippen LogP contribution in [0.2, 0.25) is 0 Å². The van der Waals surface area contributed by atoms with Crippen molar-refractivity contribution in [3.05, 3.63) is 103 Å². The average Bonchev–Trinajstić information content (AvgIpc) is 2.99. The van der Waals surface area contributed by atoms with E-state index in [9.17, 15) is 14.4 Å². The Morgan fingerprint density at radius 3 is 1.88 bits per heavy atom. The maximum atomic E-state index is 12.7. The number of esters is 3. The second-order valence-electron chi connectivity index (χ2n) is 8.49. The first-order valence-electron chi connectivity index (χ1n) is 12.8. The number of benzene rings is 3. The molecule has 0 aliphatic heterocycles. The van der Waals surface area contributed by atoms with E-state index in [1.54, 1.807) is 42.5 Å². The van der Waals surface area contributed by atoms with E-state index in [0.717, 1.165) is 28.8 Å². The van der Waals surface area contributed by atoms with Crippen LogP contribution in [0.15, 0.2) is 92.0 Å². The number of hydrogen-bond acceptors (Lipinski definition) is 9. The Labute approximate surface area is 238 Å². The third-order valence-corrected chi connectivity index (χ3v) is 5.55. The molecule has 0 saturated carbocycles. The maximum Gasteiger partial charge on any atom is 0.343 e. The molecular weight excluding hydrogens is 528 g/mol. The van der Waals surface area contributed by atoms with Gasteiger partial charge in [0.1, 0.15) is 30.5 Å². The minimum atomic E-state index is -0.519. The van der Waals surface area contributed by atoms with Gasteiger partial charge in [-0.2, -0.15) is 0 Å². The summed E-state index contributed by atoms with van der Waals surface area (Å²) in [4.78, 5) is 34.9. The Bertz CT molecular complexity index is 1330. The number of carbonyl (C=O) groups is 3. The molecule has 0 heterocycles. The van der Waals surface area contributed by atoms with Crippen molar-refractivity contribution in [2.45, 2.75) is 6.92 Å². The Morgan fingerprint density at radius 2 is 1.24 bits per heavy atom. The summed E-state index contributed by atoms with van der Waals surface area (Å²) in [5, 5.41) is 0. The quantitative estimate of drug-likeness (QED) is 0.102. The van der Waals surface area contributed by atoms with E-state index in [0.29, 0.717) is 49.2 Å². The molecule has 0 radical (unpaired) electrons. The lowest BCUT2D eigenvalue weighted by Crippen LogP contribution is -2.13. The van der Waals surface area contributed by atoms with Gasteiger partial charge in [0.05, 0.1) is 32.0 Å². The van der Waals surface area contributed by atoms with Crippen LogP contribution in [0, 0.1) is 6.92 Å². The van der Waals surface area contributed by atoms with Crippen molar-refractivity contribution in [3.8, 4) is 28.4 Å². The minimum Gasteiger partial charge on any atom is -0.491 e. The summed E-state index contributed by atoms with van der Waals surface area (Å²) in [5.74, 6) is -0.0121. The van der Waals surface area contributed by atoms with Gasteiger partial charge in [-0.25, -0.2) is 14.4 Å². The van der Waals surface area contributed by atoms with Gasteiger partial charge in [-0.05, 0) is 72.1 Å². The van der Waals surface area contributed by atoms with Crippen LogP contribution in [-0.4, -0.2) is 57.5 Å². The Morgan fingerprint density at radius 1 is 0.659 bits per heavy atom. The van der Waals surface area contributed by atoms with Crippen molar-refractivity contribution in [2.24, 2.45) is 0 Å². The maximum absolute atomic E-state index is 12.7. The Hall–Kier alpha value is -4.73. The second kappa shape index (κ2) is 16.4. The van der Waals surface area contributed by atoms with Gasteiger partial charge in [0.2, 0.25) is 0 Å². The van der Waals surface area contributed by atoms with E-state index in [1.807, 2.05) is 31.2 Å². The molecule has 3 aromatic carbocycles. The average molecular weight is 561 g/mol. The van der Waals surface area contributed by atoms with Crippen LogP contribution in [0.3, 0.4) is 0 Å². The summed E-state index contributed by atoms with van der Waals surface area (Å²) in [6.45, 7) is 10.4. The third-order valence-electron chi connectivity index (χ3n) is 5.55. The number of carbonyl (C=O) groups excluding carboxylic acids is 3. The lowest BCUT2D eigenvalue weighted by molar-refractivity contribution is -0.139. The normalized spacial score (nSPS) is 10.4. The monoisotopic (exact) mass is 560 g/mol. The zero-order chi connectivity index (χ0) is 29.5. The highest BCUT2D eigenvalue weighted by atomic mass is 16.6. The molecule has 0 aromatic heterocycles. The fraction of sp³-hybridized carbons (Fsp3) is 0.219. The van der Waals surface area contributed by atoms with E-state index in [1.165, 1.54) is 0 Å². The highest BCUT2D eigenvalue weighted by Gasteiger charge is 2.12. The molecule has 0 aliphatic rings. The van der Waals surface area contributed by atoms with Gasteiger partial charge in [-0.15, -0.1) is 0 Å². The Balaban J connectivity index is 1.39. The number of rotatable bonds is 16. The SMILES string of the molecule is C=CC(=O)OCCOCCOCCOc1ccc(C(=O)Oc2ccc(-c3ccc(OC(=O)C=C)cc3)cc2C)cc1. The molecule has 0 atom stereocenters. The number of aryl methyl sites for hydroxylation is 1. The van der Waals surface area contributed by atoms with Crippen LogP contribution in [0.1, 0.15) is 15.9 Å². The van der Waals surface area contributed by atoms with Crippen LogP contribution < -0.4 is 14.2 Å². The summed E-state index contributed by atoms with van der Waals surface area (Å²) in [5.41, 5.74) is 3.02. The molecule has 3 rings (SSSR count). The summed E-state index contributed by atoms with van der Waals surface area (Å²) in [6, 6.07) is 19.2. The molecule has 0 bridgehead atoms. The van der Waals surface area contributed by atoms with E-state index in [-0.39, 0.29) is 13.2 Å². The summed E-state index contributed by atoms with van der Waals surface area (Å²) < 4.78 is 31.9. The fourth-order valence-corrected chi connectivity index (χ4v) is 3.46. The molecule has 41 heavy (non-hydrogen) atoms. The number of ether oxygens (including phenoxy) is 6. The van der Waals surface area contributed by atoms with E-state index in [2.05, 4.69) is 13.2 Å². The molecule has 0 fully saturated rings. The standard InChI is InChI=1S/C32H32O9/c1-4-30(33)39-21-19-37-17-16-36-18-20-38-27-11-8-25(9-12-27)32(35)41-29-15-10-26(22-23(29)3)24-6-13-28(14-7-24)40-31(34)5-2/h4-15,22H,1-2,16-21H2,3H3. The second-order valence-corrected chi connectivity index (χ2v) is 8.49. The molecule has 0 aliphatic carbocycles. The summed E-state index contributed by atoms with van der Waals surface area (Å²) in [6.07, 6.45) is 2.20. The molecule has 0 spiro atoms. The Kier molecular flexibility index (Phi) is 12.3. The van der Waals surface area contributed by atoms with Gasteiger partial charge in [0, 0.05) is 12.2 Å². The molecule has 214 valence electrons. The van der Waals surface area contributed by atoms with Crippen molar-refractivity contribution in [1.29, 1.82) is 0 Å². The van der Waals surface area contributed by atoms with Crippen LogP contribution in [0.5, 0.6) is 17.2 Å². The zero-order valence-electron chi connectivity index (χ0n) is 22.8. The molecule has 3 aromatic rings. The van der Waals surface area contributed by atoms with Gasteiger partial charge < -0.3 is 28.4 Å². The fourth-order valence-electron chi connectivity index (χ4n) is 3.46. The first-order chi connectivity index (χ1) is 19.9. The first kappa shape index (κ1) is 30.8. The highest BCUT2D eigenvalue weighted by molar-refractivity contribution is 5.91. The summed E-state index contributed by atoms with van der Waals surface area (Å²) in [7, 11) is 0. The van der Waals surface area contributed by atoms with Gasteiger partial charge in [0.25, 0.3) is 0 Å². The largest absolute Gasteiger partial charge is 0.491 e.